The van der Waals surface area contributed by atoms with Crippen molar-refractivity contribution in [3.05, 3.63) is 35.4 Å². The lowest BCUT2D eigenvalue weighted by Gasteiger charge is -2.29. The van der Waals surface area contributed by atoms with E-state index in [0.29, 0.717) is 6.04 Å². The summed E-state index contributed by atoms with van der Waals surface area (Å²) in [5.74, 6) is 0.0941. The third-order valence-electron chi connectivity index (χ3n) is 4.40. The van der Waals surface area contributed by atoms with Gasteiger partial charge in [0.1, 0.15) is 0 Å². The first-order chi connectivity index (χ1) is 9.69. The Labute approximate surface area is 121 Å². The molecule has 2 N–H and O–H groups in total. The molecule has 0 radical (unpaired) electrons. The van der Waals surface area contributed by atoms with E-state index >= 15 is 0 Å². The smallest absolute Gasteiger partial charge is 0.307 e. The molecule has 1 fully saturated rings. The summed E-state index contributed by atoms with van der Waals surface area (Å²) < 4.78 is 0. The van der Waals surface area contributed by atoms with Crippen LogP contribution in [-0.2, 0) is 17.8 Å². The topological polar surface area (TPSA) is 49.3 Å². The molecule has 1 saturated carbocycles. The molecule has 0 bridgehead atoms. The Bertz CT molecular complexity index is 444. The molecule has 1 aromatic carbocycles. The number of carboxylic acid groups (broad SMARTS) is 1. The predicted molar refractivity (Wildman–Crippen MR) is 80.7 cm³/mol. The van der Waals surface area contributed by atoms with Crippen LogP contribution < -0.4 is 5.32 Å². The van der Waals surface area contributed by atoms with Crippen LogP contribution in [0.4, 0.5) is 0 Å². The zero-order chi connectivity index (χ0) is 14.4. The summed E-state index contributed by atoms with van der Waals surface area (Å²) in [4.78, 5) is 10.9. The van der Waals surface area contributed by atoms with Crippen molar-refractivity contribution in [2.45, 2.75) is 58.0 Å². The standard InChI is InChI=1S/C17H25NO2/c1-2-13-6-5-9-16(10-13)18-12-15-8-4-3-7-14(15)11-17(19)20/h3-4,7-8,13,16,18H,2,5-6,9-12H2,1H3,(H,19,20). The number of carboxylic acids is 1. The highest BCUT2D eigenvalue weighted by molar-refractivity contribution is 5.70. The fourth-order valence-electron chi connectivity index (χ4n) is 3.17. The van der Waals surface area contributed by atoms with Gasteiger partial charge in [-0.15, -0.1) is 0 Å². The van der Waals surface area contributed by atoms with Crippen molar-refractivity contribution >= 4 is 5.97 Å². The molecule has 3 nitrogen and oxygen atoms in total. The minimum atomic E-state index is -0.763. The minimum Gasteiger partial charge on any atom is -0.481 e. The Morgan fingerprint density at radius 2 is 2.05 bits per heavy atom. The molecule has 0 aliphatic heterocycles. The molecule has 0 heterocycles. The second-order valence-corrected chi connectivity index (χ2v) is 5.86. The third kappa shape index (κ3) is 4.34. The number of hydrogen-bond acceptors (Lipinski definition) is 2. The lowest BCUT2D eigenvalue weighted by atomic mass is 9.84. The Morgan fingerprint density at radius 3 is 2.75 bits per heavy atom. The van der Waals surface area contributed by atoms with Crippen LogP contribution in [0.3, 0.4) is 0 Å². The molecular weight excluding hydrogens is 250 g/mol. The van der Waals surface area contributed by atoms with Crippen LogP contribution in [0.15, 0.2) is 24.3 Å². The average molecular weight is 275 g/mol. The van der Waals surface area contributed by atoms with Gasteiger partial charge in [0, 0.05) is 12.6 Å². The summed E-state index contributed by atoms with van der Waals surface area (Å²) in [7, 11) is 0. The Kier molecular flexibility index (Phi) is 5.60. The third-order valence-corrected chi connectivity index (χ3v) is 4.40. The maximum Gasteiger partial charge on any atom is 0.307 e. The molecule has 0 saturated heterocycles. The maximum absolute atomic E-state index is 10.9. The van der Waals surface area contributed by atoms with Crippen molar-refractivity contribution < 1.29 is 9.90 Å². The molecule has 1 aliphatic rings. The number of carbonyl (C=O) groups is 1. The van der Waals surface area contributed by atoms with E-state index in [1.807, 2.05) is 24.3 Å². The lowest BCUT2D eigenvalue weighted by molar-refractivity contribution is -0.136. The van der Waals surface area contributed by atoms with Gasteiger partial charge in [0.2, 0.25) is 0 Å². The van der Waals surface area contributed by atoms with Crippen LogP contribution in [0.25, 0.3) is 0 Å². The van der Waals surface area contributed by atoms with E-state index in [2.05, 4.69) is 12.2 Å². The van der Waals surface area contributed by atoms with Crippen molar-refractivity contribution in [2.75, 3.05) is 0 Å². The van der Waals surface area contributed by atoms with Crippen molar-refractivity contribution in [2.24, 2.45) is 5.92 Å². The molecule has 2 rings (SSSR count). The van der Waals surface area contributed by atoms with Crippen molar-refractivity contribution in [1.29, 1.82) is 0 Å². The first-order valence-corrected chi connectivity index (χ1v) is 7.71. The maximum atomic E-state index is 10.9. The fraction of sp³-hybridized carbons (Fsp3) is 0.588. The van der Waals surface area contributed by atoms with Crippen LogP contribution in [0.5, 0.6) is 0 Å². The average Bonchev–Trinajstić information content (AvgIpc) is 2.46. The predicted octanol–water partition coefficient (Wildman–Crippen LogP) is 3.37. The first-order valence-electron chi connectivity index (χ1n) is 7.71. The van der Waals surface area contributed by atoms with Gasteiger partial charge in [0.05, 0.1) is 6.42 Å². The van der Waals surface area contributed by atoms with Gasteiger partial charge in [-0.3, -0.25) is 4.79 Å². The van der Waals surface area contributed by atoms with Gasteiger partial charge in [-0.25, -0.2) is 0 Å². The SMILES string of the molecule is CCC1CCCC(NCc2ccccc2CC(=O)O)C1. The minimum absolute atomic E-state index is 0.111. The Morgan fingerprint density at radius 1 is 1.30 bits per heavy atom. The van der Waals surface area contributed by atoms with Crippen LogP contribution in [0.2, 0.25) is 0 Å². The highest BCUT2D eigenvalue weighted by atomic mass is 16.4. The molecule has 2 atom stereocenters. The number of benzene rings is 1. The molecule has 0 aromatic heterocycles. The van der Waals surface area contributed by atoms with Gasteiger partial charge in [-0.1, -0.05) is 50.5 Å². The molecule has 20 heavy (non-hydrogen) atoms. The monoisotopic (exact) mass is 275 g/mol. The highest BCUT2D eigenvalue weighted by Gasteiger charge is 2.20. The highest BCUT2D eigenvalue weighted by Crippen LogP contribution is 2.26. The fourth-order valence-corrected chi connectivity index (χ4v) is 3.17. The molecule has 0 spiro atoms. The Balaban J connectivity index is 1.91. The normalized spacial score (nSPS) is 22.6. The summed E-state index contributed by atoms with van der Waals surface area (Å²) in [5.41, 5.74) is 2.05. The number of nitrogens with one attached hydrogen (secondary N) is 1. The Hall–Kier alpha value is -1.35. The van der Waals surface area contributed by atoms with Crippen molar-refractivity contribution in [3.8, 4) is 0 Å². The second kappa shape index (κ2) is 7.44. The van der Waals surface area contributed by atoms with Crippen molar-refractivity contribution in [3.63, 3.8) is 0 Å². The van der Waals surface area contributed by atoms with E-state index in [-0.39, 0.29) is 6.42 Å². The quantitative estimate of drug-likeness (QED) is 0.837. The number of aliphatic carboxylic acids is 1. The van der Waals surface area contributed by atoms with Crippen LogP contribution in [-0.4, -0.2) is 17.1 Å². The first kappa shape index (κ1) is 15.0. The zero-order valence-corrected chi connectivity index (χ0v) is 12.3. The number of rotatable bonds is 6. The van der Waals surface area contributed by atoms with Gasteiger partial charge < -0.3 is 10.4 Å². The van der Waals surface area contributed by atoms with Crippen molar-refractivity contribution in [1.82, 2.24) is 5.32 Å². The molecule has 3 heteroatoms. The summed E-state index contributed by atoms with van der Waals surface area (Å²) >= 11 is 0. The summed E-state index contributed by atoms with van der Waals surface area (Å²) in [6, 6.07) is 8.44. The molecule has 110 valence electrons. The van der Waals surface area contributed by atoms with E-state index in [4.69, 9.17) is 5.11 Å². The number of hydrogen-bond donors (Lipinski definition) is 2. The van der Waals surface area contributed by atoms with Crippen LogP contribution >= 0.6 is 0 Å². The lowest BCUT2D eigenvalue weighted by Crippen LogP contribution is -2.33. The van der Waals surface area contributed by atoms with E-state index < -0.39 is 5.97 Å². The molecular formula is C17H25NO2. The van der Waals surface area contributed by atoms with Gasteiger partial charge in [-0.2, -0.15) is 0 Å². The molecule has 1 aliphatic carbocycles. The van der Waals surface area contributed by atoms with Gasteiger partial charge >= 0.3 is 5.97 Å². The van der Waals surface area contributed by atoms with Gasteiger partial charge in [0.15, 0.2) is 0 Å². The van der Waals surface area contributed by atoms with E-state index in [0.717, 1.165) is 23.6 Å². The van der Waals surface area contributed by atoms with E-state index in [9.17, 15) is 4.79 Å². The van der Waals surface area contributed by atoms with Crippen LogP contribution in [0, 0.1) is 5.92 Å². The summed E-state index contributed by atoms with van der Waals surface area (Å²) in [6.45, 7) is 3.06. The largest absolute Gasteiger partial charge is 0.481 e. The van der Waals surface area contributed by atoms with Gasteiger partial charge in [-0.05, 0) is 29.9 Å². The zero-order valence-electron chi connectivity index (χ0n) is 12.3. The van der Waals surface area contributed by atoms with Gasteiger partial charge in [0.25, 0.3) is 0 Å². The van der Waals surface area contributed by atoms with E-state index in [1.54, 1.807) is 0 Å². The second-order valence-electron chi connectivity index (χ2n) is 5.86. The van der Waals surface area contributed by atoms with Crippen LogP contribution in [0.1, 0.15) is 50.2 Å². The summed E-state index contributed by atoms with van der Waals surface area (Å²) in [6.07, 6.45) is 6.57. The molecule has 2 unspecified atom stereocenters. The molecule has 1 aromatic rings. The molecule has 0 amide bonds. The summed E-state index contributed by atoms with van der Waals surface area (Å²) in [5, 5.41) is 12.6. The van der Waals surface area contributed by atoms with E-state index in [1.165, 1.54) is 32.1 Å².